The predicted molar refractivity (Wildman–Crippen MR) is 115 cm³/mol. The van der Waals surface area contributed by atoms with Gasteiger partial charge in [0.25, 0.3) is 5.91 Å². The van der Waals surface area contributed by atoms with Crippen molar-refractivity contribution in [3.63, 3.8) is 0 Å². The number of sulfonamides is 1. The van der Waals surface area contributed by atoms with Crippen LogP contribution in [0.5, 0.6) is 0 Å². The van der Waals surface area contributed by atoms with Gasteiger partial charge in [-0.05, 0) is 49.1 Å². The quantitative estimate of drug-likeness (QED) is 0.659. The van der Waals surface area contributed by atoms with Gasteiger partial charge in [0.05, 0.1) is 10.6 Å². The highest BCUT2D eigenvalue weighted by Gasteiger charge is 2.24. The fourth-order valence-corrected chi connectivity index (χ4v) is 4.90. The lowest BCUT2D eigenvalue weighted by Gasteiger charge is -2.17. The summed E-state index contributed by atoms with van der Waals surface area (Å²) >= 11 is 0. The van der Waals surface area contributed by atoms with Crippen molar-refractivity contribution in [2.45, 2.75) is 30.7 Å². The second kappa shape index (κ2) is 8.04. The predicted octanol–water partition coefficient (Wildman–Crippen LogP) is 2.98. The Morgan fingerprint density at radius 1 is 1.10 bits per heavy atom. The summed E-state index contributed by atoms with van der Waals surface area (Å²) in [6.07, 6.45) is 2.89. The third-order valence-corrected chi connectivity index (χ3v) is 7.19. The van der Waals surface area contributed by atoms with Crippen LogP contribution < -0.4 is 5.32 Å². The van der Waals surface area contributed by atoms with E-state index < -0.39 is 10.0 Å². The van der Waals surface area contributed by atoms with E-state index in [-0.39, 0.29) is 17.3 Å². The number of hydrogen-bond donors (Lipinski definition) is 1. The van der Waals surface area contributed by atoms with Gasteiger partial charge in [-0.25, -0.2) is 8.42 Å². The first kappa shape index (κ1) is 20.3. The zero-order valence-corrected chi connectivity index (χ0v) is 17.8. The average Bonchev–Trinajstić information content (AvgIpc) is 3.31. The molecule has 30 heavy (non-hydrogen) atoms. The standard InChI is InChI=1S/C22H24N4O3S/c1-25(15-16-7-4-3-5-8-16)30(28,29)18-13-11-17(12-14-18)22(27)23-21-19-9-6-10-20(19)24-26(21)2/h3-5,7-8,11-14H,6,9-10,15H2,1-2H3,(H,23,27). The highest BCUT2D eigenvalue weighted by molar-refractivity contribution is 7.89. The van der Waals surface area contributed by atoms with Crippen LogP contribution in [0.4, 0.5) is 5.82 Å². The number of rotatable bonds is 6. The molecule has 0 atom stereocenters. The molecule has 1 aliphatic carbocycles. The molecule has 1 amide bonds. The van der Waals surface area contributed by atoms with Crippen molar-refractivity contribution in [2.24, 2.45) is 7.05 Å². The molecular formula is C22H24N4O3S. The molecule has 0 unspecified atom stereocenters. The molecule has 4 rings (SSSR count). The van der Waals surface area contributed by atoms with E-state index in [9.17, 15) is 13.2 Å². The molecule has 0 bridgehead atoms. The molecule has 0 spiro atoms. The topological polar surface area (TPSA) is 84.3 Å². The van der Waals surface area contributed by atoms with E-state index in [0.717, 1.165) is 36.1 Å². The number of anilines is 1. The van der Waals surface area contributed by atoms with Crippen LogP contribution in [-0.4, -0.2) is 35.5 Å². The minimum absolute atomic E-state index is 0.152. The first-order valence-electron chi connectivity index (χ1n) is 9.82. The van der Waals surface area contributed by atoms with Gasteiger partial charge < -0.3 is 5.32 Å². The third kappa shape index (κ3) is 3.88. The number of aromatic nitrogens is 2. The van der Waals surface area contributed by atoms with Crippen molar-refractivity contribution < 1.29 is 13.2 Å². The summed E-state index contributed by atoms with van der Waals surface area (Å²) in [4.78, 5) is 12.8. The molecule has 0 aliphatic heterocycles. The van der Waals surface area contributed by atoms with E-state index in [0.29, 0.717) is 11.4 Å². The van der Waals surface area contributed by atoms with Crippen molar-refractivity contribution in [3.8, 4) is 0 Å². The first-order valence-corrected chi connectivity index (χ1v) is 11.3. The maximum absolute atomic E-state index is 12.9. The number of aryl methyl sites for hydroxylation is 2. The number of carbonyl (C=O) groups is 1. The summed E-state index contributed by atoms with van der Waals surface area (Å²) in [6.45, 7) is 0.275. The van der Waals surface area contributed by atoms with Crippen LogP contribution >= 0.6 is 0 Å². The smallest absolute Gasteiger partial charge is 0.256 e. The maximum atomic E-state index is 12.9. The molecule has 1 heterocycles. The van der Waals surface area contributed by atoms with E-state index in [2.05, 4.69) is 10.4 Å². The fourth-order valence-electron chi connectivity index (χ4n) is 3.74. The molecule has 1 aliphatic rings. The average molecular weight is 425 g/mol. The second-order valence-electron chi connectivity index (χ2n) is 7.48. The Bertz CT molecular complexity index is 1170. The van der Waals surface area contributed by atoms with Gasteiger partial charge in [0.15, 0.2) is 0 Å². The zero-order chi connectivity index (χ0) is 21.3. The molecule has 1 aromatic heterocycles. The van der Waals surface area contributed by atoms with Crippen LogP contribution in [0.3, 0.4) is 0 Å². The molecule has 8 heteroatoms. The molecule has 3 aromatic rings. The summed E-state index contributed by atoms with van der Waals surface area (Å²) < 4.78 is 28.7. The molecule has 1 N–H and O–H groups in total. The fraction of sp³-hybridized carbons (Fsp3) is 0.273. The Morgan fingerprint density at radius 2 is 1.80 bits per heavy atom. The summed E-state index contributed by atoms with van der Waals surface area (Å²) in [5, 5.41) is 7.38. The van der Waals surface area contributed by atoms with Crippen molar-refractivity contribution in [1.29, 1.82) is 0 Å². The van der Waals surface area contributed by atoms with Crippen molar-refractivity contribution in [3.05, 3.63) is 77.0 Å². The molecule has 0 saturated heterocycles. The first-order chi connectivity index (χ1) is 14.4. The van der Waals surface area contributed by atoms with Crippen LogP contribution in [0.1, 0.15) is 33.6 Å². The second-order valence-corrected chi connectivity index (χ2v) is 9.52. The minimum Gasteiger partial charge on any atom is -0.307 e. The van der Waals surface area contributed by atoms with Gasteiger partial charge in [0, 0.05) is 31.8 Å². The van der Waals surface area contributed by atoms with Gasteiger partial charge in [-0.15, -0.1) is 0 Å². The number of nitrogens with zero attached hydrogens (tertiary/aromatic N) is 3. The van der Waals surface area contributed by atoms with Crippen molar-refractivity contribution >= 4 is 21.7 Å². The van der Waals surface area contributed by atoms with Gasteiger partial charge >= 0.3 is 0 Å². The number of nitrogens with one attached hydrogen (secondary N) is 1. The Labute approximate surface area is 176 Å². The largest absolute Gasteiger partial charge is 0.307 e. The van der Waals surface area contributed by atoms with Gasteiger partial charge in [-0.3, -0.25) is 9.48 Å². The third-order valence-electron chi connectivity index (χ3n) is 5.37. The maximum Gasteiger partial charge on any atom is 0.256 e. The number of amides is 1. The Morgan fingerprint density at radius 3 is 2.50 bits per heavy atom. The van der Waals surface area contributed by atoms with Gasteiger partial charge in [-0.2, -0.15) is 9.40 Å². The normalized spacial score (nSPS) is 13.4. The van der Waals surface area contributed by atoms with Crippen LogP contribution in [0.15, 0.2) is 59.5 Å². The highest BCUT2D eigenvalue weighted by atomic mass is 32.2. The van der Waals surface area contributed by atoms with Gasteiger partial charge in [-0.1, -0.05) is 30.3 Å². The molecule has 156 valence electrons. The van der Waals surface area contributed by atoms with Gasteiger partial charge in [0.2, 0.25) is 10.0 Å². The van der Waals surface area contributed by atoms with Crippen LogP contribution in [-0.2, 0) is 36.5 Å². The molecule has 2 aromatic carbocycles. The lowest BCUT2D eigenvalue weighted by atomic mass is 10.2. The monoisotopic (exact) mass is 424 g/mol. The summed E-state index contributed by atoms with van der Waals surface area (Å²) in [5.41, 5.74) is 3.43. The summed E-state index contributed by atoms with van der Waals surface area (Å²) in [7, 11) is -0.298. The number of hydrogen-bond acceptors (Lipinski definition) is 4. The molecule has 0 radical (unpaired) electrons. The van der Waals surface area contributed by atoms with Crippen molar-refractivity contribution in [1.82, 2.24) is 14.1 Å². The Hall–Kier alpha value is -2.97. The van der Waals surface area contributed by atoms with Gasteiger partial charge in [0.1, 0.15) is 5.82 Å². The minimum atomic E-state index is -3.66. The SMILES string of the molecule is CN(Cc1ccccc1)S(=O)(=O)c1ccc(C(=O)Nc2c3c(nn2C)CCC3)cc1. The number of benzene rings is 2. The number of fused-ring (bicyclic) bond motifs is 1. The van der Waals surface area contributed by atoms with Crippen LogP contribution in [0.25, 0.3) is 0 Å². The number of carbonyl (C=O) groups excluding carboxylic acids is 1. The zero-order valence-electron chi connectivity index (χ0n) is 17.0. The lowest BCUT2D eigenvalue weighted by Crippen LogP contribution is -2.26. The Balaban J connectivity index is 1.49. The molecular weight excluding hydrogens is 400 g/mol. The molecule has 0 fully saturated rings. The van der Waals surface area contributed by atoms with E-state index >= 15 is 0 Å². The van der Waals surface area contributed by atoms with E-state index in [4.69, 9.17) is 0 Å². The van der Waals surface area contributed by atoms with Crippen molar-refractivity contribution in [2.75, 3.05) is 12.4 Å². The summed E-state index contributed by atoms with van der Waals surface area (Å²) in [5.74, 6) is 0.432. The van der Waals surface area contributed by atoms with Crippen LogP contribution in [0, 0.1) is 0 Å². The van der Waals surface area contributed by atoms with E-state index in [1.165, 1.54) is 28.6 Å². The lowest BCUT2D eigenvalue weighted by molar-refractivity contribution is 0.102. The molecule has 7 nitrogen and oxygen atoms in total. The van der Waals surface area contributed by atoms with E-state index in [1.807, 2.05) is 37.4 Å². The highest BCUT2D eigenvalue weighted by Crippen LogP contribution is 2.28. The summed E-state index contributed by atoms with van der Waals surface area (Å²) in [6, 6.07) is 15.4. The Kier molecular flexibility index (Phi) is 5.44. The van der Waals surface area contributed by atoms with Crippen LogP contribution in [0.2, 0.25) is 0 Å². The molecule has 0 saturated carbocycles. The van der Waals surface area contributed by atoms with E-state index in [1.54, 1.807) is 11.7 Å².